The molecule has 0 bridgehead atoms. The van der Waals surface area contributed by atoms with Crippen LogP contribution in [0.2, 0.25) is 0 Å². The van der Waals surface area contributed by atoms with Crippen LogP contribution in [0.3, 0.4) is 0 Å². The van der Waals surface area contributed by atoms with Crippen LogP contribution in [0.1, 0.15) is 22.1 Å². The van der Waals surface area contributed by atoms with Gasteiger partial charge in [-0.05, 0) is 10.3 Å². The number of aromatic nitrogens is 5. The first-order valence-electron chi connectivity index (χ1n) is 5.74. The molecule has 1 amide bonds. The molecule has 0 fully saturated rings. The maximum atomic E-state index is 12.7. The third-order valence-corrected chi connectivity index (χ3v) is 3.01. The van der Waals surface area contributed by atoms with Crippen LogP contribution in [0.25, 0.3) is 0 Å². The van der Waals surface area contributed by atoms with Crippen LogP contribution < -0.4 is 5.73 Å². The van der Waals surface area contributed by atoms with Gasteiger partial charge in [0.05, 0.1) is 6.54 Å². The number of fused-ring (bicyclic) bond motifs is 1. The second kappa shape index (κ2) is 4.43. The van der Waals surface area contributed by atoms with E-state index in [9.17, 15) is 18.0 Å². The molecule has 0 spiro atoms. The smallest absolute Gasteiger partial charge is 0.379 e. The molecular weight excluding hydrogens is 295 g/mol. The highest BCUT2D eigenvalue weighted by Crippen LogP contribution is 2.29. The predicted molar refractivity (Wildman–Crippen MR) is 58.5 cm³/mol. The summed E-state index contributed by atoms with van der Waals surface area (Å²) < 4.78 is 43.3. The minimum atomic E-state index is -4.59. The third kappa shape index (κ3) is 2.17. The van der Waals surface area contributed by atoms with Crippen molar-refractivity contribution in [1.82, 2.24) is 30.0 Å². The Hall–Kier alpha value is -2.66. The number of alkyl halides is 3. The average Bonchev–Trinajstić information content (AvgIpc) is 3.02. The van der Waals surface area contributed by atoms with Gasteiger partial charge < -0.3 is 15.2 Å². The minimum absolute atomic E-state index is 0.0388. The molecule has 3 heterocycles. The Balaban J connectivity index is 1.84. The van der Waals surface area contributed by atoms with Crippen LogP contribution in [0.15, 0.2) is 4.63 Å². The van der Waals surface area contributed by atoms with Crippen LogP contribution in [0, 0.1) is 0 Å². The van der Waals surface area contributed by atoms with E-state index in [0.29, 0.717) is 0 Å². The number of rotatable bonds is 1. The Labute approximate surface area is 114 Å². The lowest BCUT2D eigenvalue weighted by Crippen LogP contribution is -2.39. The van der Waals surface area contributed by atoms with Gasteiger partial charge in [-0.3, -0.25) is 4.79 Å². The maximum Gasteiger partial charge on any atom is 0.451 e. The van der Waals surface area contributed by atoms with Gasteiger partial charge in [-0.15, -0.1) is 10.2 Å². The number of hydrogen-bond donors (Lipinski definition) is 1. The van der Waals surface area contributed by atoms with Crippen molar-refractivity contribution >= 4 is 11.7 Å². The Morgan fingerprint density at radius 1 is 1.24 bits per heavy atom. The van der Waals surface area contributed by atoms with Gasteiger partial charge in [0.25, 0.3) is 5.91 Å². The zero-order valence-electron chi connectivity index (χ0n) is 10.3. The van der Waals surface area contributed by atoms with Crippen molar-refractivity contribution in [2.24, 2.45) is 0 Å². The number of hydrogen-bond acceptors (Lipinski definition) is 7. The molecule has 2 aromatic rings. The summed E-state index contributed by atoms with van der Waals surface area (Å²) in [5, 5.41) is 13.2. The molecule has 12 heteroatoms. The number of halogens is 3. The molecule has 112 valence electrons. The van der Waals surface area contributed by atoms with Gasteiger partial charge in [0.15, 0.2) is 5.82 Å². The molecule has 0 radical (unpaired) electrons. The molecule has 3 rings (SSSR count). The highest BCUT2D eigenvalue weighted by Gasteiger charge is 2.40. The fourth-order valence-electron chi connectivity index (χ4n) is 2.03. The number of anilines is 1. The summed E-state index contributed by atoms with van der Waals surface area (Å²) in [6.45, 7) is -0.165. The van der Waals surface area contributed by atoms with Gasteiger partial charge >= 0.3 is 6.18 Å². The largest absolute Gasteiger partial charge is 0.451 e. The van der Waals surface area contributed by atoms with Crippen LogP contribution in [-0.4, -0.2) is 42.4 Å². The van der Waals surface area contributed by atoms with E-state index in [-0.39, 0.29) is 37.0 Å². The van der Waals surface area contributed by atoms with Gasteiger partial charge in [0, 0.05) is 13.1 Å². The number of nitrogens with two attached hydrogens (primary N) is 1. The Bertz CT molecular complexity index is 692. The van der Waals surface area contributed by atoms with Crippen molar-refractivity contribution in [3.8, 4) is 0 Å². The molecule has 0 aromatic carbocycles. The van der Waals surface area contributed by atoms with E-state index in [1.807, 2.05) is 0 Å². The van der Waals surface area contributed by atoms with E-state index in [0.717, 1.165) is 4.57 Å². The lowest BCUT2D eigenvalue weighted by molar-refractivity contribution is -0.147. The minimum Gasteiger partial charge on any atom is -0.379 e. The lowest BCUT2D eigenvalue weighted by Gasteiger charge is -2.27. The molecular formula is C9H8F3N7O2. The van der Waals surface area contributed by atoms with E-state index in [1.54, 1.807) is 0 Å². The number of nitrogens with zero attached hydrogens (tertiary/aromatic N) is 6. The molecule has 0 saturated heterocycles. The summed E-state index contributed by atoms with van der Waals surface area (Å²) in [7, 11) is 0. The van der Waals surface area contributed by atoms with Crippen molar-refractivity contribution in [1.29, 1.82) is 0 Å². The average molecular weight is 303 g/mol. The van der Waals surface area contributed by atoms with Crippen LogP contribution >= 0.6 is 0 Å². The zero-order valence-corrected chi connectivity index (χ0v) is 10.3. The standard InChI is InChI=1S/C9H8F3N7O2/c10-9(11,12)8-15-14-4-3-18(1-2-19(4)8)7(20)5-6(13)17-21-16-5/h1-3H2,(H2,13,17). The highest BCUT2D eigenvalue weighted by atomic mass is 19.4. The molecule has 1 aliphatic heterocycles. The normalized spacial score (nSPS) is 15.1. The fourth-order valence-corrected chi connectivity index (χ4v) is 2.03. The first-order chi connectivity index (χ1) is 9.88. The first-order valence-corrected chi connectivity index (χ1v) is 5.74. The van der Waals surface area contributed by atoms with E-state index >= 15 is 0 Å². The van der Waals surface area contributed by atoms with E-state index in [2.05, 4.69) is 25.1 Å². The summed E-state index contributed by atoms with van der Waals surface area (Å²) in [6.07, 6.45) is -4.59. The third-order valence-electron chi connectivity index (χ3n) is 3.01. The van der Waals surface area contributed by atoms with Gasteiger partial charge in [-0.2, -0.15) is 13.2 Å². The molecule has 0 aliphatic carbocycles. The molecule has 0 unspecified atom stereocenters. The Morgan fingerprint density at radius 3 is 2.62 bits per heavy atom. The summed E-state index contributed by atoms with van der Waals surface area (Å²) >= 11 is 0. The molecule has 21 heavy (non-hydrogen) atoms. The molecule has 2 N–H and O–H groups in total. The first kappa shape index (κ1) is 13.3. The fraction of sp³-hybridized carbons (Fsp3) is 0.444. The number of amides is 1. The number of carbonyl (C=O) groups excluding carboxylic acids is 1. The van der Waals surface area contributed by atoms with E-state index in [1.165, 1.54) is 4.90 Å². The van der Waals surface area contributed by atoms with Gasteiger partial charge in [-0.1, -0.05) is 0 Å². The summed E-state index contributed by atoms with van der Waals surface area (Å²) in [4.78, 5) is 13.3. The predicted octanol–water partition coefficient (Wildman–Crippen LogP) is -0.0819. The van der Waals surface area contributed by atoms with Crippen molar-refractivity contribution in [2.75, 3.05) is 12.3 Å². The van der Waals surface area contributed by atoms with E-state index < -0.39 is 17.9 Å². The molecule has 0 atom stereocenters. The molecule has 1 aliphatic rings. The van der Waals surface area contributed by atoms with Crippen molar-refractivity contribution < 1.29 is 22.6 Å². The highest BCUT2D eigenvalue weighted by molar-refractivity contribution is 5.96. The summed E-state index contributed by atoms with van der Waals surface area (Å²) in [5.41, 5.74) is 5.23. The van der Waals surface area contributed by atoms with Crippen molar-refractivity contribution in [2.45, 2.75) is 19.3 Å². The monoisotopic (exact) mass is 303 g/mol. The number of carbonyl (C=O) groups is 1. The van der Waals surface area contributed by atoms with Gasteiger partial charge in [0.2, 0.25) is 17.3 Å². The van der Waals surface area contributed by atoms with Crippen molar-refractivity contribution in [3.05, 3.63) is 17.3 Å². The van der Waals surface area contributed by atoms with Gasteiger partial charge in [0.1, 0.15) is 0 Å². The van der Waals surface area contributed by atoms with E-state index in [4.69, 9.17) is 5.73 Å². The summed E-state index contributed by atoms with van der Waals surface area (Å²) in [6, 6.07) is 0. The van der Waals surface area contributed by atoms with Crippen LogP contribution in [0.4, 0.5) is 19.0 Å². The molecule has 0 saturated carbocycles. The van der Waals surface area contributed by atoms with Crippen LogP contribution in [-0.2, 0) is 19.3 Å². The second-order valence-electron chi connectivity index (χ2n) is 4.31. The number of nitrogen functional groups attached to an aromatic ring is 1. The molecule has 2 aromatic heterocycles. The summed E-state index contributed by atoms with van der Waals surface area (Å²) in [5.74, 6) is -1.80. The second-order valence-corrected chi connectivity index (χ2v) is 4.31. The zero-order chi connectivity index (χ0) is 15.2. The Kier molecular flexibility index (Phi) is 2.81. The molecule has 9 nitrogen and oxygen atoms in total. The topological polar surface area (TPSA) is 116 Å². The quantitative estimate of drug-likeness (QED) is 0.783. The maximum absolute atomic E-state index is 12.7. The van der Waals surface area contributed by atoms with Crippen LogP contribution in [0.5, 0.6) is 0 Å². The van der Waals surface area contributed by atoms with Crippen molar-refractivity contribution in [3.63, 3.8) is 0 Å². The Morgan fingerprint density at radius 2 is 2.00 bits per heavy atom. The van der Waals surface area contributed by atoms with Gasteiger partial charge in [-0.25, -0.2) is 4.63 Å². The lowest BCUT2D eigenvalue weighted by atomic mass is 10.3. The SMILES string of the molecule is Nc1nonc1C(=O)N1CCn2c(nnc2C(F)(F)F)C1.